The number of H-pyrrole nitrogens is 1. The fraction of sp³-hybridized carbons (Fsp3) is 0.150. The Morgan fingerprint density at radius 2 is 1.96 bits per heavy atom. The highest BCUT2D eigenvalue weighted by Gasteiger charge is 2.13. The Kier molecular flexibility index (Phi) is 5.61. The number of halogens is 1. The molecule has 0 radical (unpaired) electrons. The van der Waals surface area contributed by atoms with Crippen LogP contribution in [0.1, 0.15) is 29.9 Å². The molecule has 0 saturated carbocycles. The molecule has 0 fully saturated rings. The van der Waals surface area contributed by atoms with Gasteiger partial charge in [-0.25, -0.2) is 9.82 Å². The Bertz CT molecular complexity index is 964. The van der Waals surface area contributed by atoms with Gasteiger partial charge in [-0.15, -0.1) is 0 Å². The van der Waals surface area contributed by atoms with Crippen molar-refractivity contribution in [3.05, 3.63) is 71.7 Å². The number of carbonyl (C=O) groups is 1. The Balaban J connectivity index is 1.74. The number of hydrazone groups is 1. The summed E-state index contributed by atoms with van der Waals surface area (Å²) in [7, 11) is 0. The third-order valence-corrected chi connectivity index (χ3v) is 3.87. The normalized spacial score (nSPS) is 11.3. The molecule has 1 amide bonds. The van der Waals surface area contributed by atoms with Gasteiger partial charge < -0.3 is 4.74 Å². The van der Waals surface area contributed by atoms with Gasteiger partial charge in [0.05, 0.1) is 18.0 Å². The second-order valence-electron chi connectivity index (χ2n) is 5.74. The summed E-state index contributed by atoms with van der Waals surface area (Å²) in [6, 6.07) is 15.0. The fourth-order valence-corrected chi connectivity index (χ4v) is 2.49. The molecule has 0 unspecified atom stereocenters. The summed E-state index contributed by atoms with van der Waals surface area (Å²) >= 11 is 0. The highest BCUT2D eigenvalue weighted by atomic mass is 19.1. The average Bonchev–Trinajstić information content (AvgIpc) is 3.17. The van der Waals surface area contributed by atoms with E-state index >= 15 is 0 Å². The first kappa shape index (κ1) is 18.3. The van der Waals surface area contributed by atoms with Crippen molar-refractivity contribution in [3.8, 4) is 17.0 Å². The van der Waals surface area contributed by atoms with E-state index in [1.165, 1.54) is 12.1 Å². The molecule has 138 valence electrons. The van der Waals surface area contributed by atoms with Crippen LogP contribution in [-0.4, -0.2) is 28.4 Å². The predicted molar refractivity (Wildman–Crippen MR) is 101 cm³/mol. The lowest BCUT2D eigenvalue weighted by atomic mass is 10.1. The maximum absolute atomic E-state index is 13.0. The van der Waals surface area contributed by atoms with Crippen LogP contribution in [0.2, 0.25) is 0 Å². The van der Waals surface area contributed by atoms with E-state index in [1.54, 1.807) is 25.1 Å². The van der Waals surface area contributed by atoms with Crippen molar-refractivity contribution in [3.63, 3.8) is 0 Å². The van der Waals surface area contributed by atoms with Gasteiger partial charge in [0.25, 0.3) is 5.91 Å². The smallest absolute Gasteiger partial charge is 0.289 e. The number of amides is 1. The molecule has 0 saturated heterocycles. The largest absolute Gasteiger partial charge is 0.493 e. The standard InChI is InChI=1S/C20H19FN4O2/c1-3-27-19-7-5-4-6-16(19)17-12-18(24-23-17)20(26)25-22-13(2)14-8-10-15(21)11-9-14/h4-12H,3H2,1-2H3,(H,23,24)(H,25,26)/b22-13-. The molecule has 3 rings (SSSR count). The number of nitrogens with zero attached hydrogens (tertiary/aromatic N) is 2. The molecule has 6 nitrogen and oxygen atoms in total. The molecule has 0 spiro atoms. The molecule has 0 atom stereocenters. The minimum atomic E-state index is -0.427. The summed E-state index contributed by atoms with van der Waals surface area (Å²) in [5.74, 6) is -0.0550. The molecule has 3 aromatic rings. The molecule has 0 aliphatic rings. The zero-order chi connectivity index (χ0) is 19.2. The Hall–Kier alpha value is -3.48. The van der Waals surface area contributed by atoms with Crippen molar-refractivity contribution in [2.75, 3.05) is 6.61 Å². The summed E-state index contributed by atoms with van der Waals surface area (Å²) in [5.41, 5.74) is 5.41. The Morgan fingerprint density at radius 3 is 2.70 bits per heavy atom. The average molecular weight is 366 g/mol. The maximum atomic E-state index is 13.0. The van der Waals surface area contributed by atoms with Crippen molar-refractivity contribution in [1.82, 2.24) is 15.6 Å². The molecule has 7 heteroatoms. The number of benzene rings is 2. The number of hydrogen-bond acceptors (Lipinski definition) is 4. The van der Waals surface area contributed by atoms with Crippen LogP contribution in [0.5, 0.6) is 5.75 Å². The highest BCUT2D eigenvalue weighted by Crippen LogP contribution is 2.28. The lowest BCUT2D eigenvalue weighted by Gasteiger charge is -2.07. The van der Waals surface area contributed by atoms with Crippen LogP contribution < -0.4 is 10.2 Å². The minimum absolute atomic E-state index is 0.270. The van der Waals surface area contributed by atoms with Crippen molar-refractivity contribution < 1.29 is 13.9 Å². The lowest BCUT2D eigenvalue weighted by molar-refractivity contribution is 0.0950. The Morgan fingerprint density at radius 1 is 1.22 bits per heavy atom. The quantitative estimate of drug-likeness (QED) is 0.515. The van der Waals surface area contributed by atoms with E-state index in [-0.39, 0.29) is 11.5 Å². The summed E-state index contributed by atoms with van der Waals surface area (Å²) in [4.78, 5) is 12.3. The molecular formula is C20H19FN4O2. The van der Waals surface area contributed by atoms with Gasteiger partial charge in [0, 0.05) is 5.56 Å². The van der Waals surface area contributed by atoms with Crippen LogP contribution >= 0.6 is 0 Å². The first-order valence-corrected chi connectivity index (χ1v) is 8.46. The van der Waals surface area contributed by atoms with Gasteiger partial charge in [-0.2, -0.15) is 10.2 Å². The van der Waals surface area contributed by atoms with Crippen molar-refractivity contribution in [2.24, 2.45) is 5.10 Å². The van der Waals surface area contributed by atoms with Crippen molar-refractivity contribution >= 4 is 11.6 Å². The Labute approximate surface area is 156 Å². The summed E-state index contributed by atoms with van der Waals surface area (Å²) in [6.07, 6.45) is 0. The molecular weight excluding hydrogens is 347 g/mol. The fourth-order valence-electron chi connectivity index (χ4n) is 2.49. The number of ether oxygens (including phenoxy) is 1. The van der Waals surface area contributed by atoms with E-state index in [4.69, 9.17) is 4.74 Å². The van der Waals surface area contributed by atoms with Gasteiger partial charge in [-0.1, -0.05) is 24.3 Å². The number of rotatable bonds is 6. The van der Waals surface area contributed by atoms with Crippen LogP contribution in [0.4, 0.5) is 4.39 Å². The number of nitrogens with one attached hydrogen (secondary N) is 2. The maximum Gasteiger partial charge on any atom is 0.289 e. The molecule has 0 aliphatic heterocycles. The van der Waals surface area contributed by atoms with Gasteiger partial charge in [-0.3, -0.25) is 9.89 Å². The summed E-state index contributed by atoms with van der Waals surface area (Å²) in [5, 5.41) is 10.9. The van der Waals surface area contributed by atoms with Gasteiger partial charge >= 0.3 is 0 Å². The highest BCUT2D eigenvalue weighted by molar-refractivity contribution is 6.00. The second-order valence-corrected chi connectivity index (χ2v) is 5.74. The predicted octanol–water partition coefficient (Wildman–Crippen LogP) is 3.77. The first-order valence-electron chi connectivity index (χ1n) is 8.46. The lowest BCUT2D eigenvalue weighted by Crippen LogP contribution is -2.19. The topological polar surface area (TPSA) is 79.4 Å². The SMILES string of the molecule is CCOc1ccccc1-c1cc(C(=O)N/N=C(/C)c2ccc(F)cc2)[nH]n1. The molecule has 27 heavy (non-hydrogen) atoms. The molecule has 2 N–H and O–H groups in total. The zero-order valence-corrected chi connectivity index (χ0v) is 15.0. The second kappa shape index (κ2) is 8.27. The van der Waals surface area contributed by atoms with Crippen molar-refractivity contribution in [1.29, 1.82) is 0 Å². The van der Waals surface area contributed by atoms with Crippen LogP contribution in [0.15, 0.2) is 59.7 Å². The van der Waals surface area contributed by atoms with E-state index < -0.39 is 5.91 Å². The minimum Gasteiger partial charge on any atom is -0.493 e. The van der Waals surface area contributed by atoms with Crippen LogP contribution in [0, 0.1) is 5.82 Å². The number of carbonyl (C=O) groups excluding carboxylic acids is 1. The van der Waals surface area contributed by atoms with E-state index in [0.29, 0.717) is 29.3 Å². The van der Waals surface area contributed by atoms with Gasteiger partial charge in [0.1, 0.15) is 17.3 Å². The monoisotopic (exact) mass is 366 g/mol. The molecule has 0 aliphatic carbocycles. The van der Waals surface area contributed by atoms with Crippen LogP contribution in [-0.2, 0) is 0 Å². The third kappa shape index (κ3) is 4.38. The summed E-state index contributed by atoms with van der Waals surface area (Å²) < 4.78 is 18.6. The van der Waals surface area contributed by atoms with E-state index in [2.05, 4.69) is 20.7 Å². The number of aromatic amines is 1. The number of hydrogen-bond donors (Lipinski definition) is 2. The molecule has 1 heterocycles. The third-order valence-electron chi connectivity index (χ3n) is 3.87. The molecule has 0 bridgehead atoms. The van der Waals surface area contributed by atoms with Gasteiger partial charge in [-0.05, 0) is 49.7 Å². The van der Waals surface area contributed by atoms with Crippen LogP contribution in [0.25, 0.3) is 11.3 Å². The molecule has 1 aromatic heterocycles. The van der Waals surface area contributed by atoms with Gasteiger partial charge in [0.2, 0.25) is 0 Å². The number of para-hydroxylation sites is 1. The van der Waals surface area contributed by atoms with E-state index in [0.717, 1.165) is 5.56 Å². The van der Waals surface area contributed by atoms with Crippen molar-refractivity contribution in [2.45, 2.75) is 13.8 Å². The van der Waals surface area contributed by atoms with Crippen LogP contribution in [0.3, 0.4) is 0 Å². The zero-order valence-electron chi connectivity index (χ0n) is 15.0. The van der Waals surface area contributed by atoms with E-state index in [9.17, 15) is 9.18 Å². The van der Waals surface area contributed by atoms with Gasteiger partial charge in [0.15, 0.2) is 0 Å². The summed E-state index contributed by atoms with van der Waals surface area (Å²) in [6.45, 7) is 4.16. The first-order chi connectivity index (χ1) is 13.1. The van der Waals surface area contributed by atoms with E-state index in [1.807, 2.05) is 31.2 Å². The molecule has 2 aromatic carbocycles. The number of aromatic nitrogens is 2.